The molecule has 1 aromatic rings. The quantitative estimate of drug-likeness (QED) is 0.800. The summed E-state index contributed by atoms with van der Waals surface area (Å²) in [6.07, 6.45) is 2.27. The van der Waals surface area contributed by atoms with E-state index in [9.17, 15) is 8.42 Å². The fourth-order valence-corrected chi connectivity index (χ4v) is 4.57. The van der Waals surface area contributed by atoms with Crippen LogP contribution in [0.15, 0.2) is 6.20 Å². The molecule has 0 aromatic carbocycles. The van der Waals surface area contributed by atoms with Crippen LogP contribution < -0.4 is 10.2 Å². The topological polar surface area (TPSA) is 91.3 Å². The predicted molar refractivity (Wildman–Crippen MR) is 84.8 cm³/mol. The molecule has 1 atom stereocenters. The molecule has 0 spiro atoms. The number of nitrogens with zero attached hydrogens (tertiary/aromatic N) is 5. The molecule has 0 bridgehead atoms. The van der Waals surface area contributed by atoms with Gasteiger partial charge in [0.25, 0.3) is 0 Å². The van der Waals surface area contributed by atoms with Crippen molar-refractivity contribution in [2.45, 2.75) is 19.4 Å². The maximum Gasteiger partial charge on any atom is 0.244 e. The van der Waals surface area contributed by atoms with Gasteiger partial charge >= 0.3 is 0 Å². The molecule has 9 heteroatoms. The zero-order chi connectivity index (χ0) is 15.6. The molecule has 0 amide bonds. The van der Waals surface area contributed by atoms with Crippen LogP contribution in [0.5, 0.6) is 0 Å². The number of hydrogen-bond acceptors (Lipinski definition) is 8. The van der Waals surface area contributed by atoms with Crippen molar-refractivity contribution in [3.8, 4) is 0 Å². The first-order valence-corrected chi connectivity index (χ1v) is 9.52. The van der Waals surface area contributed by atoms with Crippen LogP contribution in [0.25, 0.3) is 0 Å². The summed E-state index contributed by atoms with van der Waals surface area (Å²) in [5.74, 6) is 1.60. The Bertz CT molecular complexity index is 615. The Kier molecular flexibility index (Phi) is 4.44. The number of hydrogen-bond donors (Lipinski definition) is 1. The highest BCUT2D eigenvalue weighted by Gasteiger charge is 2.28. The lowest BCUT2D eigenvalue weighted by Gasteiger charge is -2.34. The minimum Gasteiger partial charge on any atom is -0.353 e. The summed E-state index contributed by atoms with van der Waals surface area (Å²) in [6.45, 7) is 7.11. The standard InChI is InChI=1S/C13H22N6O2S/c1-2-18-4-6-19(7-5-18)12-9-14-17-13(16-12)15-11-3-8-22(20,21)10-11/h9,11H,2-8,10H2,1H3,(H,15,16,17). The lowest BCUT2D eigenvalue weighted by atomic mass is 10.3. The predicted octanol–water partition coefficient (Wildman–Crippen LogP) is -0.387. The smallest absolute Gasteiger partial charge is 0.244 e. The molecule has 22 heavy (non-hydrogen) atoms. The second-order valence-electron chi connectivity index (χ2n) is 5.80. The molecule has 1 aromatic heterocycles. The number of rotatable bonds is 4. The van der Waals surface area contributed by atoms with Gasteiger partial charge in [-0.1, -0.05) is 6.92 Å². The molecule has 2 aliphatic rings. The van der Waals surface area contributed by atoms with Gasteiger partial charge in [0.1, 0.15) is 0 Å². The largest absolute Gasteiger partial charge is 0.353 e. The van der Waals surface area contributed by atoms with Gasteiger partial charge in [-0.3, -0.25) is 0 Å². The zero-order valence-corrected chi connectivity index (χ0v) is 13.6. The van der Waals surface area contributed by atoms with Crippen LogP contribution in [0, 0.1) is 0 Å². The van der Waals surface area contributed by atoms with Crippen molar-refractivity contribution in [1.82, 2.24) is 20.1 Å². The molecule has 0 radical (unpaired) electrons. The second kappa shape index (κ2) is 6.33. The van der Waals surface area contributed by atoms with E-state index in [1.54, 1.807) is 6.20 Å². The third-order valence-corrected chi connectivity index (χ3v) is 6.02. The van der Waals surface area contributed by atoms with Gasteiger partial charge in [0.15, 0.2) is 15.7 Å². The number of sulfone groups is 1. The molecule has 1 N–H and O–H groups in total. The van der Waals surface area contributed by atoms with Crippen molar-refractivity contribution in [3.05, 3.63) is 6.20 Å². The number of piperazine rings is 1. The number of aromatic nitrogens is 3. The third-order valence-electron chi connectivity index (χ3n) is 4.26. The van der Waals surface area contributed by atoms with E-state index in [0.717, 1.165) is 38.5 Å². The van der Waals surface area contributed by atoms with Crippen molar-refractivity contribution in [1.29, 1.82) is 0 Å². The summed E-state index contributed by atoms with van der Waals surface area (Å²) in [7, 11) is -2.91. The van der Waals surface area contributed by atoms with Crippen LogP contribution in [0.3, 0.4) is 0 Å². The van der Waals surface area contributed by atoms with E-state index < -0.39 is 9.84 Å². The van der Waals surface area contributed by atoms with Gasteiger partial charge < -0.3 is 15.1 Å². The van der Waals surface area contributed by atoms with Crippen LogP contribution in [0.1, 0.15) is 13.3 Å². The summed E-state index contributed by atoms with van der Waals surface area (Å²) in [6, 6.07) is -0.112. The van der Waals surface area contributed by atoms with Gasteiger partial charge in [0.05, 0.1) is 17.7 Å². The third kappa shape index (κ3) is 3.64. The van der Waals surface area contributed by atoms with Gasteiger partial charge in [0.2, 0.25) is 5.95 Å². The lowest BCUT2D eigenvalue weighted by molar-refractivity contribution is 0.270. The Balaban J connectivity index is 1.63. The van der Waals surface area contributed by atoms with Crippen LogP contribution in [0.2, 0.25) is 0 Å². The lowest BCUT2D eigenvalue weighted by Crippen LogP contribution is -2.46. The first-order chi connectivity index (χ1) is 10.6. The maximum absolute atomic E-state index is 11.5. The average Bonchev–Trinajstić information content (AvgIpc) is 2.86. The molecule has 3 heterocycles. The monoisotopic (exact) mass is 326 g/mol. The van der Waals surface area contributed by atoms with E-state index in [2.05, 4.69) is 37.2 Å². The highest BCUT2D eigenvalue weighted by Crippen LogP contribution is 2.17. The van der Waals surface area contributed by atoms with E-state index >= 15 is 0 Å². The number of likely N-dealkylation sites (N-methyl/N-ethyl adjacent to an activating group) is 1. The average molecular weight is 326 g/mol. The minimum atomic E-state index is -2.91. The fraction of sp³-hybridized carbons (Fsp3) is 0.769. The molecular weight excluding hydrogens is 304 g/mol. The highest BCUT2D eigenvalue weighted by molar-refractivity contribution is 7.91. The van der Waals surface area contributed by atoms with E-state index in [-0.39, 0.29) is 17.5 Å². The van der Waals surface area contributed by atoms with Crippen LogP contribution in [-0.2, 0) is 9.84 Å². The number of anilines is 2. The second-order valence-corrected chi connectivity index (χ2v) is 8.03. The van der Waals surface area contributed by atoms with Gasteiger partial charge in [-0.25, -0.2) is 8.42 Å². The van der Waals surface area contributed by atoms with Crippen LogP contribution in [0.4, 0.5) is 11.8 Å². The SMILES string of the molecule is CCN1CCN(c2cnnc(NC3CCS(=O)(=O)C3)n2)CC1. The molecule has 122 valence electrons. The Labute approximate surface area is 130 Å². The Hall–Kier alpha value is -1.48. The maximum atomic E-state index is 11.5. The Morgan fingerprint density at radius 2 is 2.09 bits per heavy atom. The molecule has 8 nitrogen and oxygen atoms in total. The minimum absolute atomic E-state index is 0.112. The van der Waals surface area contributed by atoms with Crippen molar-refractivity contribution in [2.75, 3.05) is 54.4 Å². The summed E-state index contributed by atoms with van der Waals surface area (Å²) >= 11 is 0. The normalized spacial score (nSPS) is 25.3. The Morgan fingerprint density at radius 1 is 1.32 bits per heavy atom. The van der Waals surface area contributed by atoms with Crippen LogP contribution in [-0.4, -0.2) is 78.8 Å². The fourth-order valence-electron chi connectivity index (χ4n) is 2.89. The first kappa shape index (κ1) is 15.4. The molecule has 0 saturated carbocycles. The van der Waals surface area contributed by atoms with Crippen molar-refractivity contribution in [2.24, 2.45) is 0 Å². The molecule has 0 aliphatic carbocycles. The van der Waals surface area contributed by atoms with E-state index in [1.807, 2.05) is 0 Å². The van der Waals surface area contributed by atoms with E-state index in [4.69, 9.17) is 0 Å². The highest BCUT2D eigenvalue weighted by atomic mass is 32.2. The van der Waals surface area contributed by atoms with Crippen molar-refractivity contribution >= 4 is 21.6 Å². The zero-order valence-electron chi connectivity index (χ0n) is 12.8. The molecule has 3 rings (SSSR count). The van der Waals surface area contributed by atoms with Gasteiger partial charge in [0, 0.05) is 32.2 Å². The van der Waals surface area contributed by atoms with Crippen molar-refractivity contribution in [3.63, 3.8) is 0 Å². The van der Waals surface area contributed by atoms with Gasteiger partial charge in [-0.2, -0.15) is 10.1 Å². The van der Waals surface area contributed by atoms with E-state index in [0.29, 0.717) is 12.4 Å². The van der Waals surface area contributed by atoms with Crippen molar-refractivity contribution < 1.29 is 8.42 Å². The van der Waals surface area contributed by atoms with Gasteiger partial charge in [-0.15, -0.1) is 5.10 Å². The van der Waals surface area contributed by atoms with Crippen LogP contribution >= 0.6 is 0 Å². The molecule has 2 saturated heterocycles. The summed E-state index contributed by atoms with van der Waals surface area (Å²) < 4.78 is 23.0. The Morgan fingerprint density at radius 3 is 2.73 bits per heavy atom. The molecular formula is C13H22N6O2S. The van der Waals surface area contributed by atoms with E-state index in [1.165, 1.54) is 0 Å². The number of nitrogens with one attached hydrogen (secondary N) is 1. The summed E-state index contributed by atoms with van der Waals surface area (Å²) in [4.78, 5) is 9.07. The molecule has 2 fully saturated rings. The summed E-state index contributed by atoms with van der Waals surface area (Å²) in [5, 5.41) is 11.1. The molecule has 1 unspecified atom stereocenters. The van der Waals surface area contributed by atoms with Gasteiger partial charge in [-0.05, 0) is 13.0 Å². The summed E-state index contributed by atoms with van der Waals surface area (Å²) in [5.41, 5.74) is 0. The molecule has 2 aliphatic heterocycles. The first-order valence-electron chi connectivity index (χ1n) is 7.70.